The molecule has 0 N–H and O–H groups in total. The van der Waals surface area contributed by atoms with Crippen LogP contribution in [0.1, 0.15) is 151 Å². The molecule has 0 saturated heterocycles. The van der Waals surface area contributed by atoms with E-state index in [0.29, 0.717) is 24.7 Å². The fourth-order valence-electron chi connectivity index (χ4n) is 4.37. The van der Waals surface area contributed by atoms with Gasteiger partial charge in [-0.3, -0.25) is 0 Å². The number of rotatable bonds is 24. The monoisotopic (exact) mass is 534 g/mol. The first-order chi connectivity index (χ1) is 18.6. The molecule has 1 rings (SSSR count). The first-order valence-corrected chi connectivity index (χ1v) is 15.4. The van der Waals surface area contributed by atoms with E-state index in [2.05, 4.69) is 13.8 Å². The fraction of sp³-hybridized carbons (Fsp3) is 0.750. The van der Waals surface area contributed by atoms with Crippen molar-refractivity contribution in [1.82, 2.24) is 0 Å². The number of benzene rings is 1. The van der Waals surface area contributed by atoms with Crippen molar-refractivity contribution in [3.8, 4) is 11.5 Å². The molecule has 0 heterocycles. The molecule has 0 amide bonds. The Morgan fingerprint density at radius 1 is 0.500 bits per heavy atom. The van der Waals surface area contributed by atoms with Crippen molar-refractivity contribution in [2.45, 2.75) is 130 Å². The van der Waals surface area contributed by atoms with Gasteiger partial charge in [-0.15, -0.1) is 0 Å². The summed E-state index contributed by atoms with van der Waals surface area (Å²) in [5, 5.41) is 0. The van der Waals surface area contributed by atoms with Gasteiger partial charge in [-0.05, 0) is 38.8 Å². The van der Waals surface area contributed by atoms with Crippen LogP contribution in [0, 0.1) is 0 Å². The molecule has 0 aliphatic carbocycles. The number of hydrogen-bond acceptors (Lipinski definition) is 6. The summed E-state index contributed by atoms with van der Waals surface area (Å²) in [6, 6.07) is 3.16. The van der Waals surface area contributed by atoms with Crippen LogP contribution in [-0.2, 0) is 9.47 Å². The number of ether oxygens (including phenoxy) is 4. The largest absolute Gasteiger partial charge is 0.493 e. The smallest absolute Gasteiger partial charge is 0.342 e. The quantitative estimate of drug-likeness (QED) is 0.0973. The van der Waals surface area contributed by atoms with E-state index in [1.165, 1.54) is 77.0 Å². The van der Waals surface area contributed by atoms with Gasteiger partial charge in [0.25, 0.3) is 0 Å². The van der Waals surface area contributed by atoms with Gasteiger partial charge in [0.1, 0.15) is 22.6 Å². The second-order valence-electron chi connectivity index (χ2n) is 9.93. The highest BCUT2D eigenvalue weighted by molar-refractivity contribution is 5.98. The molecule has 1 aromatic rings. The minimum Gasteiger partial charge on any atom is -0.493 e. The molecule has 6 heteroatoms. The maximum atomic E-state index is 12.7. The molecule has 0 aliphatic heterocycles. The molecule has 0 radical (unpaired) electrons. The normalized spacial score (nSPS) is 10.8. The Morgan fingerprint density at radius 3 is 1.13 bits per heavy atom. The van der Waals surface area contributed by atoms with Crippen LogP contribution in [0.5, 0.6) is 11.5 Å². The van der Waals surface area contributed by atoms with E-state index in [4.69, 9.17) is 18.9 Å². The van der Waals surface area contributed by atoms with Crippen molar-refractivity contribution >= 4 is 11.9 Å². The Labute approximate surface area is 232 Å². The first-order valence-electron chi connectivity index (χ1n) is 15.4. The SMILES string of the molecule is CCCCCCCCCCOc1cc(C(=O)OCC)c(OCCCCCCCCCC)cc1C(=O)OCC. The van der Waals surface area contributed by atoms with Gasteiger partial charge in [-0.2, -0.15) is 0 Å². The topological polar surface area (TPSA) is 71.1 Å². The zero-order valence-corrected chi connectivity index (χ0v) is 24.7. The van der Waals surface area contributed by atoms with E-state index in [1.807, 2.05) is 0 Å². The summed E-state index contributed by atoms with van der Waals surface area (Å²) < 4.78 is 22.6. The van der Waals surface area contributed by atoms with Crippen LogP contribution in [0.25, 0.3) is 0 Å². The summed E-state index contributed by atoms with van der Waals surface area (Å²) in [6.07, 6.45) is 19.1. The zero-order chi connectivity index (χ0) is 27.8. The molecule has 0 aromatic heterocycles. The standard InChI is InChI=1S/C32H54O6/c1-5-9-11-13-15-17-19-21-23-37-29-25-28(32(34)36-8-4)30(26-27(29)31(33)35-7-3)38-24-22-20-18-16-14-12-10-6-2/h25-26H,5-24H2,1-4H3. The van der Waals surface area contributed by atoms with Gasteiger partial charge in [-0.25, -0.2) is 9.59 Å². The van der Waals surface area contributed by atoms with Crippen molar-refractivity contribution in [3.63, 3.8) is 0 Å². The van der Waals surface area contributed by atoms with Crippen LogP contribution in [0.4, 0.5) is 0 Å². The van der Waals surface area contributed by atoms with Gasteiger partial charge in [0, 0.05) is 0 Å². The van der Waals surface area contributed by atoms with Gasteiger partial charge >= 0.3 is 11.9 Å². The van der Waals surface area contributed by atoms with Crippen molar-refractivity contribution < 1.29 is 28.5 Å². The molecule has 0 unspecified atom stereocenters. The summed E-state index contributed by atoms with van der Waals surface area (Å²) in [6.45, 7) is 9.45. The summed E-state index contributed by atoms with van der Waals surface area (Å²) >= 11 is 0. The predicted octanol–water partition coefficient (Wildman–Crippen LogP) is 9.08. The predicted molar refractivity (Wildman–Crippen MR) is 155 cm³/mol. The molecule has 0 bridgehead atoms. The maximum absolute atomic E-state index is 12.7. The van der Waals surface area contributed by atoms with Crippen molar-refractivity contribution in [3.05, 3.63) is 23.3 Å². The minimum atomic E-state index is -0.481. The minimum absolute atomic E-state index is 0.254. The Morgan fingerprint density at radius 2 is 0.816 bits per heavy atom. The summed E-state index contributed by atoms with van der Waals surface area (Å²) in [5.74, 6) is -0.278. The van der Waals surface area contributed by atoms with E-state index >= 15 is 0 Å². The average molecular weight is 535 g/mol. The molecule has 0 atom stereocenters. The van der Waals surface area contributed by atoms with Crippen LogP contribution in [0.3, 0.4) is 0 Å². The molecule has 0 saturated carbocycles. The molecule has 38 heavy (non-hydrogen) atoms. The fourth-order valence-corrected chi connectivity index (χ4v) is 4.37. The average Bonchev–Trinajstić information content (AvgIpc) is 2.91. The van der Waals surface area contributed by atoms with Crippen LogP contribution >= 0.6 is 0 Å². The Bertz CT molecular complexity index is 697. The number of unbranched alkanes of at least 4 members (excludes halogenated alkanes) is 14. The highest BCUT2D eigenvalue weighted by Gasteiger charge is 2.23. The van der Waals surface area contributed by atoms with Gasteiger partial charge in [-0.1, -0.05) is 104 Å². The highest BCUT2D eigenvalue weighted by Crippen LogP contribution is 2.31. The van der Waals surface area contributed by atoms with Crippen LogP contribution in [0.15, 0.2) is 12.1 Å². The summed E-state index contributed by atoms with van der Waals surface area (Å²) in [5.41, 5.74) is 0.566. The molecule has 0 spiro atoms. The lowest BCUT2D eigenvalue weighted by atomic mass is 10.1. The number of carbonyl (C=O) groups excluding carboxylic acids is 2. The van der Waals surface area contributed by atoms with Crippen molar-refractivity contribution in [1.29, 1.82) is 0 Å². The van der Waals surface area contributed by atoms with E-state index in [9.17, 15) is 9.59 Å². The Hall–Kier alpha value is -2.24. The molecular weight excluding hydrogens is 480 g/mol. The lowest BCUT2D eigenvalue weighted by Gasteiger charge is -2.16. The summed E-state index contributed by atoms with van der Waals surface area (Å²) in [4.78, 5) is 25.5. The first kappa shape index (κ1) is 33.8. The second kappa shape index (κ2) is 22.7. The van der Waals surface area contributed by atoms with Crippen molar-refractivity contribution in [2.24, 2.45) is 0 Å². The summed E-state index contributed by atoms with van der Waals surface area (Å²) in [7, 11) is 0. The second-order valence-corrected chi connectivity index (χ2v) is 9.93. The van der Waals surface area contributed by atoms with Gasteiger partial charge in [0.2, 0.25) is 0 Å². The molecular formula is C32H54O6. The molecule has 1 aromatic carbocycles. The lowest BCUT2D eigenvalue weighted by Crippen LogP contribution is -2.14. The molecule has 0 aliphatic rings. The third-order valence-electron chi connectivity index (χ3n) is 6.58. The van der Waals surface area contributed by atoms with Gasteiger partial charge < -0.3 is 18.9 Å². The third-order valence-corrected chi connectivity index (χ3v) is 6.58. The zero-order valence-electron chi connectivity index (χ0n) is 24.7. The van der Waals surface area contributed by atoms with Gasteiger partial charge in [0.15, 0.2) is 0 Å². The van der Waals surface area contributed by atoms with Crippen LogP contribution < -0.4 is 9.47 Å². The highest BCUT2D eigenvalue weighted by atomic mass is 16.5. The number of hydrogen-bond donors (Lipinski definition) is 0. The Kier molecular flexibility index (Phi) is 20.2. The number of carbonyl (C=O) groups is 2. The van der Waals surface area contributed by atoms with Crippen molar-refractivity contribution in [2.75, 3.05) is 26.4 Å². The van der Waals surface area contributed by atoms with Crippen LogP contribution in [0.2, 0.25) is 0 Å². The maximum Gasteiger partial charge on any atom is 0.342 e. The van der Waals surface area contributed by atoms with E-state index in [0.717, 1.165) is 25.7 Å². The number of esters is 2. The Balaban J connectivity index is 2.79. The van der Waals surface area contributed by atoms with Gasteiger partial charge in [0.05, 0.1) is 26.4 Å². The van der Waals surface area contributed by atoms with Crippen LogP contribution in [-0.4, -0.2) is 38.4 Å². The molecule has 0 fully saturated rings. The van der Waals surface area contributed by atoms with E-state index in [1.54, 1.807) is 26.0 Å². The molecule has 6 nitrogen and oxygen atoms in total. The van der Waals surface area contributed by atoms with E-state index < -0.39 is 11.9 Å². The third kappa shape index (κ3) is 14.6. The van der Waals surface area contributed by atoms with E-state index in [-0.39, 0.29) is 24.3 Å². The molecule has 218 valence electrons. The lowest BCUT2D eigenvalue weighted by molar-refractivity contribution is 0.0503.